The van der Waals surface area contributed by atoms with Crippen molar-refractivity contribution in [3.05, 3.63) is 0 Å². The Bertz CT molecular complexity index is 121. The van der Waals surface area contributed by atoms with Crippen LogP contribution in [-0.4, -0.2) is 60.5 Å². The van der Waals surface area contributed by atoms with Gasteiger partial charge in [0.05, 0.1) is 12.7 Å². The molecule has 0 aromatic rings. The first kappa shape index (κ1) is 8.93. The summed E-state index contributed by atoms with van der Waals surface area (Å²) in [6, 6.07) is 0.169. The molecule has 3 N–H and O–H groups in total. The molecule has 4 heteroatoms. The first-order valence-electron chi connectivity index (χ1n) is 3.95. The highest BCUT2D eigenvalue weighted by Crippen LogP contribution is 2.05. The van der Waals surface area contributed by atoms with Crippen molar-refractivity contribution in [3.8, 4) is 0 Å². The number of β-amino-alcohol motifs (C(OH)–C–C–N with tert-alkyl or cyclic N) is 1. The highest BCUT2D eigenvalue weighted by molar-refractivity contribution is 4.86. The first-order valence-corrected chi connectivity index (χ1v) is 3.95. The zero-order valence-corrected chi connectivity index (χ0v) is 6.82. The van der Waals surface area contributed by atoms with E-state index in [-0.39, 0.29) is 18.8 Å². The van der Waals surface area contributed by atoms with Crippen molar-refractivity contribution in [3.63, 3.8) is 0 Å². The summed E-state index contributed by atoms with van der Waals surface area (Å²) in [5.41, 5.74) is 0. The molecule has 0 bridgehead atoms. The topological polar surface area (TPSA) is 55.7 Å². The van der Waals surface area contributed by atoms with E-state index < -0.39 is 0 Å². The van der Waals surface area contributed by atoms with Crippen LogP contribution in [0.5, 0.6) is 0 Å². The van der Waals surface area contributed by atoms with Crippen molar-refractivity contribution in [1.29, 1.82) is 0 Å². The van der Waals surface area contributed by atoms with E-state index in [1.54, 1.807) is 0 Å². The fraction of sp³-hybridized carbons (Fsp3) is 1.00. The van der Waals surface area contributed by atoms with Crippen LogP contribution < -0.4 is 5.32 Å². The molecule has 1 fully saturated rings. The van der Waals surface area contributed by atoms with E-state index in [4.69, 9.17) is 5.11 Å². The lowest BCUT2D eigenvalue weighted by Crippen LogP contribution is -2.41. The van der Waals surface area contributed by atoms with Crippen molar-refractivity contribution in [2.45, 2.75) is 12.1 Å². The lowest BCUT2D eigenvalue weighted by molar-refractivity contribution is 0.0875. The van der Waals surface area contributed by atoms with Gasteiger partial charge >= 0.3 is 0 Å². The molecule has 0 aromatic carbocycles. The fourth-order valence-electron chi connectivity index (χ4n) is 1.42. The van der Waals surface area contributed by atoms with E-state index in [0.717, 1.165) is 6.54 Å². The van der Waals surface area contributed by atoms with Crippen LogP contribution in [0.2, 0.25) is 0 Å². The standard InChI is InChI=1S/C7H16N2O2/c1-9(2-3-10)6-4-8-5-7(6)11/h6-8,10-11H,2-5H2,1H3/t6-,7-/m1/s1. The first-order chi connectivity index (χ1) is 5.25. The molecule has 1 aliphatic heterocycles. The minimum Gasteiger partial charge on any atom is -0.395 e. The predicted octanol–water partition coefficient (Wildman–Crippen LogP) is -1.76. The van der Waals surface area contributed by atoms with E-state index in [9.17, 15) is 5.11 Å². The molecule has 1 saturated heterocycles. The number of hydrogen-bond acceptors (Lipinski definition) is 4. The number of nitrogens with one attached hydrogen (secondary N) is 1. The summed E-state index contributed by atoms with van der Waals surface area (Å²) in [4.78, 5) is 1.98. The number of rotatable bonds is 3. The summed E-state index contributed by atoms with van der Waals surface area (Å²) in [6.07, 6.45) is -0.286. The van der Waals surface area contributed by atoms with Crippen LogP contribution in [0.3, 0.4) is 0 Å². The molecule has 2 atom stereocenters. The molecule has 0 radical (unpaired) electrons. The molecule has 0 saturated carbocycles. The average molecular weight is 160 g/mol. The molecular weight excluding hydrogens is 144 g/mol. The second-order valence-corrected chi connectivity index (χ2v) is 3.00. The maximum absolute atomic E-state index is 9.40. The normalized spacial score (nSPS) is 31.6. The number of likely N-dealkylation sites (N-methyl/N-ethyl adjacent to an activating group) is 1. The summed E-state index contributed by atoms with van der Waals surface area (Å²) in [5.74, 6) is 0. The quantitative estimate of drug-likeness (QED) is 0.458. The SMILES string of the molecule is CN(CCO)[C@@H]1CNC[C@H]1O. The minimum atomic E-state index is -0.286. The van der Waals surface area contributed by atoms with E-state index >= 15 is 0 Å². The van der Waals surface area contributed by atoms with Crippen LogP contribution in [0, 0.1) is 0 Å². The molecule has 0 amide bonds. The molecular formula is C7H16N2O2. The molecule has 1 heterocycles. The van der Waals surface area contributed by atoms with Crippen molar-refractivity contribution in [2.24, 2.45) is 0 Å². The molecule has 66 valence electrons. The second-order valence-electron chi connectivity index (χ2n) is 3.00. The molecule has 0 aliphatic carbocycles. The Labute approximate surface area is 66.8 Å². The van der Waals surface area contributed by atoms with Crippen molar-refractivity contribution < 1.29 is 10.2 Å². The van der Waals surface area contributed by atoms with Gasteiger partial charge in [-0.05, 0) is 7.05 Å². The summed E-state index contributed by atoms with van der Waals surface area (Å²) in [5, 5.41) is 21.1. The van der Waals surface area contributed by atoms with Crippen LogP contribution in [0.4, 0.5) is 0 Å². The van der Waals surface area contributed by atoms with E-state index in [0.29, 0.717) is 13.1 Å². The van der Waals surface area contributed by atoms with E-state index in [1.807, 2.05) is 11.9 Å². The third-order valence-corrected chi connectivity index (χ3v) is 2.17. The highest BCUT2D eigenvalue weighted by atomic mass is 16.3. The maximum Gasteiger partial charge on any atom is 0.0831 e. The largest absolute Gasteiger partial charge is 0.395 e. The van der Waals surface area contributed by atoms with Crippen LogP contribution >= 0.6 is 0 Å². The Kier molecular flexibility index (Phi) is 3.26. The summed E-state index contributed by atoms with van der Waals surface area (Å²) in [6.45, 7) is 2.27. The van der Waals surface area contributed by atoms with Crippen LogP contribution in [0.15, 0.2) is 0 Å². The summed E-state index contributed by atoms with van der Waals surface area (Å²) in [7, 11) is 1.91. The molecule has 1 rings (SSSR count). The zero-order valence-electron chi connectivity index (χ0n) is 6.82. The molecule has 1 aliphatic rings. The van der Waals surface area contributed by atoms with Gasteiger partial charge in [-0.3, -0.25) is 4.90 Å². The van der Waals surface area contributed by atoms with Crippen LogP contribution in [0.1, 0.15) is 0 Å². The Morgan fingerprint density at radius 1 is 1.55 bits per heavy atom. The van der Waals surface area contributed by atoms with Gasteiger partial charge < -0.3 is 15.5 Å². The smallest absolute Gasteiger partial charge is 0.0831 e. The molecule has 4 nitrogen and oxygen atoms in total. The Morgan fingerprint density at radius 2 is 2.27 bits per heavy atom. The van der Waals surface area contributed by atoms with Crippen LogP contribution in [-0.2, 0) is 0 Å². The number of hydrogen-bond donors (Lipinski definition) is 3. The Balaban J connectivity index is 2.33. The molecule has 11 heavy (non-hydrogen) atoms. The number of nitrogens with zero attached hydrogens (tertiary/aromatic N) is 1. The monoisotopic (exact) mass is 160 g/mol. The molecule has 0 aromatic heterocycles. The highest BCUT2D eigenvalue weighted by Gasteiger charge is 2.27. The minimum absolute atomic E-state index is 0.153. The van der Waals surface area contributed by atoms with E-state index in [2.05, 4.69) is 5.32 Å². The van der Waals surface area contributed by atoms with Gasteiger partial charge in [0.25, 0.3) is 0 Å². The third kappa shape index (κ3) is 2.13. The van der Waals surface area contributed by atoms with Gasteiger partial charge in [-0.25, -0.2) is 0 Å². The zero-order chi connectivity index (χ0) is 8.27. The lowest BCUT2D eigenvalue weighted by Gasteiger charge is -2.24. The van der Waals surface area contributed by atoms with Gasteiger partial charge in [-0.2, -0.15) is 0 Å². The van der Waals surface area contributed by atoms with Gasteiger partial charge in [-0.15, -0.1) is 0 Å². The van der Waals surface area contributed by atoms with Gasteiger partial charge in [0.2, 0.25) is 0 Å². The Morgan fingerprint density at radius 3 is 2.73 bits per heavy atom. The van der Waals surface area contributed by atoms with E-state index in [1.165, 1.54) is 0 Å². The predicted molar refractivity (Wildman–Crippen MR) is 42.4 cm³/mol. The number of aliphatic hydroxyl groups excluding tert-OH is 2. The maximum atomic E-state index is 9.40. The van der Waals surface area contributed by atoms with Crippen molar-refractivity contribution in [2.75, 3.05) is 33.3 Å². The summed E-state index contributed by atoms with van der Waals surface area (Å²) < 4.78 is 0. The number of aliphatic hydroxyl groups is 2. The summed E-state index contributed by atoms with van der Waals surface area (Å²) >= 11 is 0. The molecule has 0 spiro atoms. The third-order valence-electron chi connectivity index (χ3n) is 2.17. The van der Waals surface area contributed by atoms with Crippen molar-refractivity contribution in [1.82, 2.24) is 10.2 Å². The second kappa shape index (κ2) is 4.01. The Hall–Kier alpha value is -0.160. The molecule has 0 unspecified atom stereocenters. The van der Waals surface area contributed by atoms with Crippen LogP contribution in [0.25, 0.3) is 0 Å². The average Bonchev–Trinajstić information content (AvgIpc) is 2.36. The van der Waals surface area contributed by atoms with Gasteiger partial charge in [0.1, 0.15) is 0 Å². The van der Waals surface area contributed by atoms with Crippen molar-refractivity contribution >= 4 is 0 Å². The van der Waals surface area contributed by atoms with Gasteiger partial charge in [-0.1, -0.05) is 0 Å². The lowest BCUT2D eigenvalue weighted by atomic mass is 10.2. The van der Waals surface area contributed by atoms with Gasteiger partial charge in [0.15, 0.2) is 0 Å². The van der Waals surface area contributed by atoms with Gasteiger partial charge in [0, 0.05) is 25.7 Å². The fourth-order valence-corrected chi connectivity index (χ4v) is 1.42.